The second-order valence-electron chi connectivity index (χ2n) is 6.19. The van der Waals surface area contributed by atoms with Crippen LogP contribution in [0, 0.1) is 0 Å². The number of hydrogen-bond acceptors (Lipinski definition) is 3. The molecule has 1 N–H and O–H groups in total. The minimum Gasteiger partial charge on any atom is -0.491 e. The van der Waals surface area contributed by atoms with E-state index in [1.54, 1.807) is 0 Å². The van der Waals surface area contributed by atoms with Crippen molar-refractivity contribution in [3.8, 4) is 5.75 Å². The zero-order valence-corrected chi connectivity index (χ0v) is 14.9. The third-order valence-electron chi connectivity index (χ3n) is 3.93. The Morgan fingerprint density at radius 1 is 1.12 bits per heavy atom. The molecule has 24 heavy (non-hydrogen) atoms. The average Bonchev–Trinajstić information content (AvgIpc) is 2.48. The highest BCUT2D eigenvalue weighted by atomic mass is 35.5. The van der Waals surface area contributed by atoms with Gasteiger partial charge in [0, 0.05) is 38.6 Å². The fourth-order valence-corrected chi connectivity index (χ4v) is 2.89. The number of halogens is 4. The Morgan fingerprint density at radius 3 is 2.21 bits per heavy atom. The van der Waals surface area contributed by atoms with E-state index in [0.717, 1.165) is 37.5 Å². The summed E-state index contributed by atoms with van der Waals surface area (Å²) in [6.45, 7) is 7.06. The molecule has 0 radical (unpaired) electrons. The first-order valence-corrected chi connectivity index (χ1v) is 8.13. The van der Waals surface area contributed by atoms with Crippen LogP contribution in [0.15, 0.2) is 24.3 Å². The van der Waals surface area contributed by atoms with E-state index >= 15 is 0 Å². The fourth-order valence-electron chi connectivity index (χ4n) is 2.89. The van der Waals surface area contributed by atoms with Crippen molar-refractivity contribution in [2.75, 3.05) is 26.2 Å². The van der Waals surface area contributed by atoms with Gasteiger partial charge in [-0.1, -0.05) is 12.1 Å². The molecule has 2 rings (SSSR count). The lowest BCUT2D eigenvalue weighted by Gasteiger charge is -2.35. The molecule has 1 atom stereocenters. The van der Waals surface area contributed by atoms with E-state index in [1.807, 2.05) is 38.1 Å². The predicted molar refractivity (Wildman–Crippen MR) is 91.9 cm³/mol. The van der Waals surface area contributed by atoms with Crippen LogP contribution in [-0.2, 0) is 0 Å². The number of ether oxygens (including phenoxy) is 1. The molecular formula is C17H26ClF3N2O. The number of benzene rings is 1. The summed E-state index contributed by atoms with van der Waals surface area (Å²) < 4.78 is 43.6. The molecule has 1 saturated heterocycles. The Bertz CT molecular complexity index is 474. The van der Waals surface area contributed by atoms with Crippen LogP contribution in [0.5, 0.6) is 5.75 Å². The van der Waals surface area contributed by atoms with E-state index in [4.69, 9.17) is 4.74 Å². The second kappa shape index (κ2) is 9.49. The number of piperazine rings is 1. The van der Waals surface area contributed by atoms with Gasteiger partial charge in [-0.05, 0) is 38.0 Å². The molecule has 1 aliphatic heterocycles. The highest BCUT2D eigenvalue weighted by molar-refractivity contribution is 5.85. The van der Waals surface area contributed by atoms with E-state index in [-0.39, 0.29) is 31.0 Å². The molecule has 0 aliphatic carbocycles. The average molecular weight is 367 g/mol. The summed E-state index contributed by atoms with van der Waals surface area (Å²) >= 11 is 0. The van der Waals surface area contributed by atoms with E-state index in [0.29, 0.717) is 0 Å². The Hall–Kier alpha value is -0.980. The van der Waals surface area contributed by atoms with Gasteiger partial charge in [0.15, 0.2) is 0 Å². The maximum atomic E-state index is 12.7. The molecule has 0 unspecified atom stereocenters. The molecule has 0 bridgehead atoms. The first-order valence-electron chi connectivity index (χ1n) is 8.13. The van der Waals surface area contributed by atoms with Crippen molar-refractivity contribution in [1.29, 1.82) is 0 Å². The zero-order valence-electron chi connectivity index (χ0n) is 14.1. The number of nitrogens with zero attached hydrogens (tertiary/aromatic N) is 1. The summed E-state index contributed by atoms with van der Waals surface area (Å²) in [5.74, 6) is 0.749. The van der Waals surface area contributed by atoms with Gasteiger partial charge in [-0.2, -0.15) is 13.2 Å². The first kappa shape index (κ1) is 21.1. The Morgan fingerprint density at radius 2 is 1.71 bits per heavy atom. The molecule has 7 heteroatoms. The zero-order chi connectivity index (χ0) is 16.9. The third kappa shape index (κ3) is 6.87. The van der Waals surface area contributed by atoms with Gasteiger partial charge in [-0.15, -0.1) is 12.4 Å². The van der Waals surface area contributed by atoms with Gasteiger partial charge in [0.25, 0.3) is 0 Å². The minimum atomic E-state index is -4.12. The molecule has 1 aromatic rings. The topological polar surface area (TPSA) is 24.5 Å². The van der Waals surface area contributed by atoms with Crippen LogP contribution in [-0.4, -0.2) is 43.4 Å². The number of rotatable bonds is 6. The predicted octanol–water partition coefficient (Wildman–Crippen LogP) is 4.18. The molecule has 0 aromatic heterocycles. The molecule has 1 aliphatic rings. The highest BCUT2D eigenvalue weighted by Crippen LogP contribution is 2.32. The normalized spacial score (nSPS) is 17.4. The van der Waals surface area contributed by atoms with Gasteiger partial charge in [0.05, 0.1) is 6.10 Å². The second-order valence-corrected chi connectivity index (χ2v) is 6.19. The molecule has 138 valence electrons. The number of nitrogens with one attached hydrogen (secondary N) is 1. The quantitative estimate of drug-likeness (QED) is 0.817. The maximum absolute atomic E-state index is 12.7. The van der Waals surface area contributed by atoms with Gasteiger partial charge in [0.2, 0.25) is 0 Å². The smallest absolute Gasteiger partial charge is 0.389 e. The lowest BCUT2D eigenvalue weighted by molar-refractivity contribution is -0.138. The van der Waals surface area contributed by atoms with Crippen LogP contribution in [0.1, 0.15) is 38.3 Å². The molecule has 1 aromatic carbocycles. The summed E-state index contributed by atoms with van der Waals surface area (Å²) in [5, 5.41) is 3.24. The van der Waals surface area contributed by atoms with E-state index < -0.39 is 12.6 Å². The lowest BCUT2D eigenvalue weighted by atomic mass is 9.99. The van der Waals surface area contributed by atoms with Crippen LogP contribution in [0.2, 0.25) is 0 Å². The first-order chi connectivity index (χ1) is 10.8. The van der Waals surface area contributed by atoms with E-state index in [1.165, 1.54) is 0 Å². The van der Waals surface area contributed by atoms with Gasteiger partial charge < -0.3 is 10.1 Å². The van der Waals surface area contributed by atoms with Crippen LogP contribution in [0.3, 0.4) is 0 Å². The van der Waals surface area contributed by atoms with Gasteiger partial charge in [-0.3, -0.25) is 4.90 Å². The van der Waals surface area contributed by atoms with Crippen molar-refractivity contribution in [1.82, 2.24) is 10.2 Å². The Labute approximate surface area is 148 Å². The third-order valence-corrected chi connectivity index (χ3v) is 3.93. The van der Waals surface area contributed by atoms with Crippen LogP contribution < -0.4 is 10.1 Å². The van der Waals surface area contributed by atoms with E-state index in [2.05, 4.69) is 10.2 Å². The monoisotopic (exact) mass is 366 g/mol. The van der Waals surface area contributed by atoms with Crippen LogP contribution in [0.4, 0.5) is 13.2 Å². The maximum Gasteiger partial charge on any atom is 0.389 e. The largest absolute Gasteiger partial charge is 0.491 e. The molecule has 0 saturated carbocycles. The van der Waals surface area contributed by atoms with Gasteiger partial charge in [0.1, 0.15) is 5.75 Å². The highest BCUT2D eigenvalue weighted by Gasteiger charge is 2.31. The summed E-state index contributed by atoms with van der Waals surface area (Å²) in [4.78, 5) is 2.14. The van der Waals surface area contributed by atoms with Crippen LogP contribution in [0.25, 0.3) is 0 Å². The molecule has 1 fully saturated rings. The SMILES string of the molecule is CC(C)Oc1ccc([C@@H](CCC(F)(F)F)N2CCNCC2)cc1.Cl. The fraction of sp³-hybridized carbons (Fsp3) is 0.647. The van der Waals surface area contributed by atoms with Gasteiger partial charge in [-0.25, -0.2) is 0 Å². The van der Waals surface area contributed by atoms with Crippen molar-refractivity contribution in [2.45, 2.75) is 45.0 Å². The van der Waals surface area contributed by atoms with E-state index in [9.17, 15) is 13.2 Å². The summed E-state index contributed by atoms with van der Waals surface area (Å²) in [6.07, 6.45) is -4.71. The summed E-state index contributed by atoms with van der Waals surface area (Å²) in [7, 11) is 0. The Kier molecular flexibility index (Phi) is 8.33. The number of alkyl halides is 3. The van der Waals surface area contributed by atoms with Crippen molar-refractivity contribution in [3.63, 3.8) is 0 Å². The summed E-state index contributed by atoms with van der Waals surface area (Å²) in [6, 6.07) is 7.27. The van der Waals surface area contributed by atoms with Crippen molar-refractivity contribution < 1.29 is 17.9 Å². The molecule has 3 nitrogen and oxygen atoms in total. The molecule has 1 heterocycles. The van der Waals surface area contributed by atoms with Crippen molar-refractivity contribution in [2.24, 2.45) is 0 Å². The van der Waals surface area contributed by atoms with Gasteiger partial charge >= 0.3 is 6.18 Å². The lowest BCUT2D eigenvalue weighted by Crippen LogP contribution is -2.45. The standard InChI is InChI=1S/C17H25F3N2O.ClH/c1-13(2)23-15-5-3-14(4-6-15)16(7-8-17(18,19)20)22-11-9-21-10-12-22;/h3-6,13,16,21H,7-12H2,1-2H3;1H/t16-;/m1./s1. The molecule has 0 spiro atoms. The minimum absolute atomic E-state index is 0. The number of hydrogen-bond donors (Lipinski definition) is 1. The summed E-state index contributed by atoms with van der Waals surface area (Å²) in [5.41, 5.74) is 0.923. The molecular weight excluding hydrogens is 341 g/mol. The van der Waals surface area contributed by atoms with Crippen molar-refractivity contribution >= 4 is 12.4 Å². The van der Waals surface area contributed by atoms with Crippen molar-refractivity contribution in [3.05, 3.63) is 29.8 Å². The van der Waals surface area contributed by atoms with Crippen LogP contribution >= 0.6 is 12.4 Å². The Balaban J connectivity index is 0.00000288. The molecule has 0 amide bonds.